The second-order valence-electron chi connectivity index (χ2n) is 5.49. The maximum atomic E-state index is 4.19. The average molecular weight is 232 g/mol. The smallest absolute Gasteiger partial charge is 0.0315 e. The first-order valence-electron chi connectivity index (χ1n) is 6.91. The molecule has 94 valence electrons. The molecule has 17 heavy (non-hydrogen) atoms. The van der Waals surface area contributed by atoms with Crippen molar-refractivity contribution < 1.29 is 0 Å². The van der Waals surface area contributed by atoms with E-state index in [9.17, 15) is 0 Å². The molecule has 0 aromatic carbocycles. The van der Waals surface area contributed by atoms with Gasteiger partial charge in [-0.3, -0.25) is 4.98 Å². The van der Waals surface area contributed by atoms with Gasteiger partial charge in [0, 0.05) is 24.5 Å². The van der Waals surface area contributed by atoms with Gasteiger partial charge < -0.3 is 5.32 Å². The summed E-state index contributed by atoms with van der Waals surface area (Å²) in [5.74, 6) is 0.912. The molecule has 1 saturated carbocycles. The fourth-order valence-electron chi connectivity index (χ4n) is 2.74. The highest BCUT2D eigenvalue weighted by atomic mass is 14.9. The van der Waals surface area contributed by atoms with Crippen molar-refractivity contribution in [2.45, 2.75) is 58.0 Å². The van der Waals surface area contributed by atoms with Crippen molar-refractivity contribution in [1.29, 1.82) is 0 Å². The van der Waals surface area contributed by atoms with Gasteiger partial charge in [0.1, 0.15) is 0 Å². The van der Waals surface area contributed by atoms with Crippen LogP contribution in [-0.4, -0.2) is 11.0 Å². The van der Waals surface area contributed by atoms with Crippen LogP contribution < -0.4 is 5.32 Å². The second-order valence-corrected chi connectivity index (χ2v) is 5.49. The Morgan fingerprint density at radius 3 is 2.94 bits per heavy atom. The summed E-state index contributed by atoms with van der Waals surface area (Å²) in [6, 6.07) is 5.28. The van der Waals surface area contributed by atoms with Gasteiger partial charge in [-0.25, -0.2) is 0 Å². The van der Waals surface area contributed by atoms with E-state index in [0.29, 0.717) is 12.1 Å². The summed E-state index contributed by atoms with van der Waals surface area (Å²) < 4.78 is 0. The third kappa shape index (κ3) is 3.81. The molecule has 1 aliphatic carbocycles. The molecule has 0 spiro atoms. The molecule has 1 aromatic rings. The van der Waals surface area contributed by atoms with E-state index in [4.69, 9.17) is 0 Å². The van der Waals surface area contributed by atoms with E-state index in [1.807, 2.05) is 18.5 Å². The molecular formula is C15H24N2. The first kappa shape index (κ1) is 12.6. The fraction of sp³-hybridized carbons (Fsp3) is 0.667. The number of rotatable bonds is 3. The minimum atomic E-state index is 0.419. The fourth-order valence-corrected chi connectivity index (χ4v) is 2.74. The van der Waals surface area contributed by atoms with Crippen LogP contribution in [0.15, 0.2) is 24.5 Å². The van der Waals surface area contributed by atoms with Crippen LogP contribution in [0.4, 0.5) is 0 Å². The second kappa shape index (κ2) is 6.15. The first-order valence-corrected chi connectivity index (χ1v) is 6.91. The molecule has 1 N–H and O–H groups in total. The minimum absolute atomic E-state index is 0.419. The normalized spacial score (nSPS) is 27.4. The van der Waals surface area contributed by atoms with Crippen LogP contribution in [0.2, 0.25) is 0 Å². The molecule has 1 aromatic heterocycles. The number of nitrogens with one attached hydrogen (secondary N) is 1. The molecule has 1 heterocycles. The van der Waals surface area contributed by atoms with Crippen LogP contribution in [-0.2, 0) is 0 Å². The van der Waals surface area contributed by atoms with Crippen molar-refractivity contribution in [3.8, 4) is 0 Å². The van der Waals surface area contributed by atoms with Crippen molar-refractivity contribution >= 4 is 0 Å². The summed E-state index contributed by atoms with van der Waals surface area (Å²) in [6.07, 6.45) is 10.6. The Hall–Kier alpha value is -0.890. The molecule has 1 aliphatic rings. The zero-order valence-electron chi connectivity index (χ0n) is 11.0. The molecule has 2 unspecified atom stereocenters. The standard InChI is InChI=1S/C15H24N2/c1-12-5-3-7-15(9-8-12)17-13(2)14-6-4-10-16-11-14/h4,6,10-13,15,17H,3,5,7-9H2,1-2H3/t12?,13-,15?/m0/s1. The Labute approximate surface area is 105 Å². The maximum absolute atomic E-state index is 4.19. The Morgan fingerprint density at radius 1 is 1.29 bits per heavy atom. The summed E-state index contributed by atoms with van der Waals surface area (Å²) >= 11 is 0. The predicted molar refractivity (Wildman–Crippen MR) is 71.8 cm³/mol. The molecule has 0 aliphatic heterocycles. The maximum Gasteiger partial charge on any atom is 0.0315 e. The molecule has 1 fully saturated rings. The number of hydrogen-bond donors (Lipinski definition) is 1. The molecule has 0 radical (unpaired) electrons. The zero-order chi connectivity index (χ0) is 12.1. The summed E-state index contributed by atoms with van der Waals surface area (Å²) in [6.45, 7) is 4.62. The molecular weight excluding hydrogens is 208 g/mol. The highest BCUT2D eigenvalue weighted by Gasteiger charge is 2.18. The molecule has 2 rings (SSSR count). The largest absolute Gasteiger partial charge is 0.307 e. The Kier molecular flexibility index (Phi) is 4.55. The lowest BCUT2D eigenvalue weighted by Gasteiger charge is -2.22. The molecule has 2 heteroatoms. The SMILES string of the molecule is CC1CCCC(N[C@@H](C)c2cccnc2)CC1. The van der Waals surface area contributed by atoms with E-state index >= 15 is 0 Å². The first-order chi connectivity index (χ1) is 8.25. The van der Waals surface area contributed by atoms with Crippen LogP contribution >= 0.6 is 0 Å². The van der Waals surface area contributed by atoms with E-state index in [2.05, 4.69) is 30.2 Å². The van der Waals surface area contributed by atoms with Crippen LogP contribution in [0.25, 0.3) is 0 Å². The average Bonchev–Trinajstić information content (AvgIpc) is 2.56. The predicted octanol–water partition coefficient (Wildman–Crippen LogP) is 3.70. The van der Waals surface area contributed by atoms with Gasteiger partial charge in [-0.15, -0.1) is 0 Å². The lowest BCUT2D eigenvalue weighted by molar-refractivity contribution is 0.407. The van der Waals surface area contributed by atoms with Gasteiger partial charge in [-0.2, -0.15) is 0 Å². The van der Waals surface area contributed by atoms with Gasteiger partial charge in [0.15, 0.2) is 0 Å². The summed E-state index contributed by atoms with van der Waals surface area (Å²) in [5, 5.41) is 3.76. The van der Waals surface area contributed by atoms with Gasteiger partial charge in [-0.05, 0) is 43.7 Å². The van der Waals surface area contributed by atoms with E-state index in [1.165, 1.54) is 37.7 Å². The number of aromatic nitrogens is 1. The Morgan fingerprint density at radius 2 is 2.18 bits per heavy atom. The highest BCUT2D eigenvalue weighted by Crippen LogP contribution is 2.24. The minimum Gasteiger partial charge on any atom is -0.307 e. The Balaban J connectivity index is 1.88. The van der Waals surface area contributed by atoms with Gasteiger partial charge in [0.2, 0.25) is 0 Å². The Bertz CT molecular complexity index is 323. The molecule has 0 bridgehead atoms. The zero-order valence-corrected chi connectivity index (χ0v) is 11.0. The monoisotopic (exact) mass is 232 g/mol. The number of pyridine rings is 1. The van der Waals surface area contributed by atoms with Gasteiger partial charge in [-0.1, -0.05) is 25.8 Å². The van der Waals surface area contributed by atoms with Crippen molar-refractivity contribution in [3.05, 3.63) is 30.1 Å². The van der Waals surface area contributed by atoms with Gasteiger partial charge in [0.25, 0.3) is 0 Å². The molecule has 3 atom stereocenters. The highest BCUT2D eigenvalue weighted by molar-refractivity contribution is 5.12. The summed E-state index contributed by atoms with van der Waals surface area (Å²) in [7, 11) is 0. The van der Waals surface area contributed by atoms with E-state index in [-0.39, 0.29) is 0 Å². The van der Waals surface area contributed by atoms with Crippen molar-refractivity contribution in [2.24, 2.45) is 5.92 Å². The topological polar surface area (TPSA) is 24.9 Å². The molecule has 2 nitrogen and oxygen atoms in total. The van der Waals surface area contributed by atoms with Crippen LogP contribution in [0.5, 0.6) is 0 Å². The van der Waals surface area contributed by atoms with Crippen LogP contribution in [0.1, 0.15) is 57.6 Å². The third-order valence-corrected chi connectivity index (χ3v) is 3.93. The van der Waals surface area contributed by atoms with Gasteiger partial charge in [0.05, 0.1) is 0 Å². The van der Waals surface area contributed by atoms with Crippen molar-refractivity contribution in [3.63, 3.8) is 0 Å². The van der Waals surface area contributed by atoms with Crippen molar-refractivity contribution in [2.75, 3.05) is 0 Å². The van der Waals surface area contributed by atoms with Crippen LogP contribution in [0.3, 0.4) is 0 Å². The van der Waals surface area contributed by atoms with E-state index in [0.717, 1.165) is 5.92 Å². The summed E-state index contributed by atoms with van der Waals surface area (Å²) in [4.78, 5) is 4.19. The quantitative estimate of drug-likeness (QED) is 0.804. The summed E-state index contributed by atoms with van der Waals surface area (Å²) in [5.41, 5.74) is 1.30. The lowest BCUT2D eigenvalue weighted by Crippen LogP contribution is -2.31. The van der Waals surface area contributed by atoms with Gasteiger partial charge >= 0.3 is 0 Å². The third-order valence-electron chi connectivity index (χ3n) is 3.93. The molecule has 0 amide bonds. The molecule has 0 saturated heterocycles. The lowest BCUT2D eigenvalue weighted by atomic mass is 10.0. The number of hydrogen-bond acceptors (Lipinski definition) is 2. The van der Waals surface area contributed by atoms with E-state index < -0.39 is 0 Å². The van der Waals surface area contributed by atoms with E-state index in [1.54, 1.807) is 0 Å². The van der Waals surface area contributed by atoms with Crippen molar-refractivity contribution in [1.82, 2.24) is 10.3 Å². The number of nitrogens with zero attached hydrogens (tertiary/aromatic N) is 1. The van der Waals surface area contributed by atoms with Crippen LogP contribution in [0, 0.1) is 5.92 Å².